The molecule has 0 aromatic heterocycles. The van der Waals surface area contributed by atoms with Gasteiger partial charge in [0.2, 0.25) is 0 Å². The van der Waals surface area contributed by atoms with Crippen molar-refractivity contribution < 1.29 is 15.3 Å². The molecule has 0 aliphatic rings. The fourth-order valence-corrected chi connectivity index (χ4v) is 2.47. The summed E-state index contributed by atoms with van der Waals surface area (Å²) in [4.78, 5) is 0. The number of nitrogens with two attached hydrogens (primary N) is 1. The third-order valence-corrected chi connectivity index (χ3v) is 3.67. The summed E-state index contributed by atoms with van der Waals surface area (Å²) in [6.45, 7) is 0.536. The van der Waals surface area contributed by atoms with Crippen molar-refractivity contribution in [1.82, 2.24) is 0 Å². The van der Waals surface area contributed by atoms with E-state index in [0.29, 0.717) is 13.0 Å². The molecule has 4 heteroatoms. The predicted octanol–water partition coefficient (Wildman–Crippen LogP) is 2.65. The molecule has 2 aromatic carbocycles. The van der Waals surface area contributed by atoms with Gasteiger partial charge in [-0.3, -0.25) is 0 Å². The standard InChI is InChI=1S/C17H21NO3/c18-10-9-14(12-1-5-15(19)6-2-12)11-17(21)13-3-7-16(20)8-4-13/h1-8,14,17,19-21H,9-11,18H2/t14-,17?/m1/s1. The van der Waals surface area contributed by atoms with Gasteiger partial charge in [-0.15, -0.1) is 0 Å². The molecule has 0 aliphatic heterocycles. The third-order valence-electron chi connectivity index (χ3n) is 3.67. The van der Waals surface area contributed by atoms with Gasteiger partial charge in [0.1, 0.15) is 11.5 Å². The van der Waals surface area contributed by atoms with Gasteiger partial charge in [0.15, 0.2) is 0 Å². The smallest absolute Gasteiger partial charge is 0.115 e. The van der Waals surface area contributed by atoms with Gasteiger partial charge in [-0.1, -0.05) is 24.3 Å². The topological polar surface area (TPSA) is 86.7 Å². The lowest BCUT2D eigenvalue weighted by molar-refractivity contribution is 0.156. The molecule has 4 nitrogen and oxygen atoms in total. The summed E-state index contributed by atoms with van der Waals surface area (Å²) in [5, 5.41) is 29.0. The van der Waals surface area contributed by atoms with Crippen molar-refractivity contribution in [3.63, 3.8) is 0 Å². The van der Waals surface area contributed by atoms with E-state index in [-0.39, 0.29) is 17.4 Å². The molecule has 2 aromatic rings. The molecule has 0 spiro atoms. The molecule has 5 N–H and O–H groups in total. The molecule has 21 heavy (non-hydrogen) atoms. The lowest BCUT2D eigenvalue weighted by Gasteiger charge is -2.20. The Labute approximate surface area is 124 Å². The number of benzene rings is 2. The number of aliphatic hydroxyl groups excluding tert-OH is 1. The second-order valence-electron chi connectivity index (χ2n) is 5.21. The highest BCUT2D eigenvalue weighted by Crippen LogP contribution is 2.31. The fraction of sp³-hybridized carbons (Fsp3) is 0.294. The molecule has 0 aliphatic carbocycles. The van der Waals surface area contributed by atoms with Crippen molar-refractivity contribution in [1.29, 1.82) is 0 Å². The molecule has 0 amide bonds. The summed E-state index contributed by atoms with van der Waals surface area (Å²) in [6, 6.07) is 13.6. The zero-order chi connectivity index (χ0) is 15.2. The minimum Gasteiger partial charge on any atom is -0.508 e. The zero-order valence-electron chi connectivity index (χ0n) is 11.8. The van der Waals surface area contributed by atoms with Crippen LogP contribution in [0.5, 0.6) is 11.5 Å². The molecule has 0 bridgehead atoms. The molecular weight excluding hydrogens is 266 g/mol. The normalized spacial score (nSPS) is 13.8. The van der Waals surface area contributed by atoms with Crippen molar-refractivity contribution in [3.05, 3.63) is 59.7 Å². The first-order valence-electron chi connectivity index (χ1n) is 7.06. The maximum Gasteiger partial charge on any atom is 0.115 e. The number of aliphatic hydroxyl groups is 1. The maximum absolute atomic E-state index is 10.4. The van der Waals surface area contributed by atoms with Gasteiger partial charge in [0, 0.05) is 0 Å². The maximum atomic E-state index is 10.4. The van der Waals surface area contributed by atoms with Crippen molar-refractivity contribution in [2.75, 3.05) is 6.54 Å². The Morgan fingerprint density at radius 1 is 0.810 bits per heavy atom. The molecule has 112 valence electrons. The van der Waals surface area contributed by atoms with Crippen LogP contribution >= 0.6 is 0 Å². The average Bonchev–Trinajstić information content (AvgIpc) is 2.48. The van der Waals surface area contributed by atoms with E-state index in [1.807, 2.05) is 12.1 Å². The quantitative estimate of drug-likeness (QED) is 0.658. The molecule has 1 unspecified atom stereocenters. The van der Waals surface area contributed by atoms with Crippen LogP contribution in [0.4, 0.5) is 0 Å². The fourth-order valence-electron chi connectivity index (χ4n) is 2.47. The van der Waals surface area contributed by atoms with Gasteiger partial charge >= 0.3 is 0 Å². The Morgan fingerprint density at radius 2 is 1.29 bits per heavy atom. The van der Waals surface area contributed by atoms with E-state index in [1.165, 1.54) is 0 Å². The van der Waals surface area contributed by atoms with Crippen LogP contribution in [-0.4, -0.2) is 21.9 Å². The van der Waals surface area contributed by atoms with Crippen molar-refractivity contribution in [2.24, 2.45) is 5.73 Å². The van der Waals surface area contributed by atoms with E-state index < -0.39 is 6.10 Å². The highest BCUT2D eigenvalue weighted by atomic mass is 16.3. The largest absolute Gasteiger partial charge is 0.508 e. The minimum absolute atomic E-state index is 0.124. The molecule has 0 fully saturated rings. The van der Waals surface area contributed by atoms with E-state index in [4.69, 9.17) is 5.73 Å². The van der Waals surface area contributed by atoms with Crippen LogP contribution in [0.1, 0.15) is 36.0 Å². The van der Waals surface area contributed by atoms with Crippen LogP contribution < -0.4 is 5.73 Å². The van der Waals surface area contributed by atoms with Gasteiger partial charge in [-0.25, -0.2) is 0 Å². The highest BCUT2D eigenvalue weighted by Gasteiger charge is 2.17. The molecule has 0 radical (unpaired) electrons. The Kier molecular flexibility index (Phi) is 5.20. The summed E-state index contributed by atoms with van der Waals surface area (Å²) >= 11 is 0. The lowest BCUT2D eigenvalue weighted by atomic mass is 9.88. The SMILES string of the molecule is NCC[C@H](CC(O)c1ccc(O)cc1)c1ccc(O)cc1. The molecular formula is C17H21NO3. The monoisotopic (exact) mass is 287 g/mol. The van der Waals surface area contributed by atoms with Crippen molar-refractivity contribution >= 4 is 0 Å². The molecule has 0 saturated heterocycles. The Morgan fingerprint density at radius 3 is 1.76 bits per heavy atom. The average molecular weight is 287 g/mol. The van der Waals surface area contributed by atoms with Gasteiger partial charge in [-0.05, 0) is 60.7 Å². The molecule has 0 heterocycles. The van der Waals surface area contributed by atoms with Gasteiger partial charge in [0.05, 0.1) is 6.10 Å². The zero-order valence-corrected chi connectivity index (χ0v) is 11.8. The first-order chi connectivity index (χ1) is 10.1. The van der Waals surface area contributed by atoms with E-state index in [1.54, 1.807) is 36.4 Å². The van der Waals surface area contributed by atoms with Crippen LogP contribution in [0.3, 0.4) is 0 Å². The molecule has 2 atom stereocenters. The van der Waals surface area contributed by atoms with Crippen LogP contribution in [-0.2, 0) is 0 Å². The first kappa shape index (κ1) is 15.4. The summed E-state index contributed by atoms with van der Waals surface area (Å²) in [5.41, 5.74) is 7.49. The van der Waals surface area contributed by atoms with E-state index in [2.05, 4.69) is 0 Å². The van der Waals surface area contributed by atoms with Gasteiger partial charge in [0.25, 0.3) is 0 Å². The van der Waals surface area contributed by atoms with E-state index in [0.717, 1.165) is 17.5 Å². The first-order valence-corrected chi connectivity index (χ1v) is 7.06. The number of hydrogen-bond donors (Lipinski definition) is 4. The number of rotatable bonds is 6. The summed E-state index contributed by atoms with van der Waals surface area (Å²) < 4.78 is 0. The van der Waals surface area contributed by atoms with E-state index in [9.17, 15) is 15.3 Å². The minimum atomic E-state index is -0.615. The number of phenolic OH excluding ortho intramolecular Hbond substituents is 2. The molecule has 2 rings (SSSR count). The Hall–Kier alpha value is -2.04. The van der Waals surface area contributed by atoms with E-state index >= 15 is 0 Å². The van der Waals surface area contributed by atoms with Gasteiger partial charge in [-0.2, -0.15) is 0 Å². The highest BCUT2D eigenvalue weighted by molar-refractivity contribution is 5.30. The Bertz CT molecular complexity index is 551. The van der Waals surface area contributed by atoms with Crippen LogP contribution in [0.15, 0.2) is 48.5 Å². The third kappa shape index (κ3) is 4.21. The Balaban J connectivity index is 2.11. The van der Waals surface area contributed by atoms with Crippen molar-refractivity contribution in [2.45, 2.75) is 24.9 Å². The summed E-state index contributed by atoms with van der Waals surface area (Å²) in [6.07, 6.45) is 0.697. The summed E-state index contributed by atoms with van der Waals surface area (Å²) in [5.74, 6) is 0.534. The summed E-state index contributed by atoms with van der Waals surface area (Å²) in [7, 11) is 0. The lowest BCUT2D eigenvalue weighted by Crippen LogP contribution is -2.11. The number of phenols is 2. The van der Waals surface area contributed by atoms with Crippen LogP contribution in [0.2, 0.25) is 0 Å². The predicted molar refractivity (Wildman–Crippen MR) is 82.2 cm³/mol. The molecule has 0 saturated carbocycles. The van der Waals surface area contributed by atoms with Crippen molar-refractivity contribution in [3.8, 4) is 11.5 Å². The van der Waals surface area contributed by atoms with Crippen LogP contribution in [0, 0.1) is 0 Å². The van der Waals surface area contributed by atoms with Gasteiger partial charge < -0.3 is 21.1 Å². The second-order valence-corrected chi connectivity index (χ2v) is 5.21. The van der Waals surface area contributed by atoms with Crippen LogP contribution in [0.25, 0.3) is 0 Å². The second kappa shape index (κ2) is 7.11. The number of hydrogen-bond acceptors (Lipinski definition) is 4. The number of aromatic hydroxyl groups is 2.